The first-order valence-electron chi connectivity index (χ1n) is 6.91. The third kappa shape index (κ3) is 3.54. The number of hydrogen-bond donors (Lipinski definition) is 0. The van der Waals surface area contributed by atoms with Crippen LogP contribution in [-0.2, 0) is 3.07 Å². The molecule has 0 spiro atoms. The molecule has 1 aliphatic rings. The molecule has 1 aliphatic heterocycles. The third-order valence-electron chi connectivity index (χ3n) is 3.06. The van der Waals surface area contributed by atoms with E-state index in [9.17, 15) is 4.79 Å². The number of fused-ring (bicyclic) bond motifs is 1. The van der Waals surface area contributed by atoms with E-state index in [1.807, 2.05) is 76.9 Å². The Morgan fingerprint density at radius 3 is 2.41 bits per heavy atom. The summed E-state index contributed by atoms with van der Waals surface area (Å²) in [5.74, 6) is -0.182. The van der Waals surface area contributed by atoms with Gasteiger partial charge in [0.25, 0.3) is 0 Å². The van der Waals surface area contributed by atoms with Crippen LogP contribution >= 0.6 is 20.2 Å². The summed E-state index contributed by atoms with van der Waals surface area (Å²) in [6.45, 7) is 0. The van der Waals surface area contributed by atoms with Gasteiger partial charge in [0.15, 0.2) is 0 Å². The van der Waals surface area contributed by atoms with Crippen LogP contribution in [0.2, 0.25) is 0 Å². The molecular weight excluding hydrogens is 387 g/mol. The Bertz CT molecular complexity index is 745. The van der Waals surface area contributed by atoms with E-state index in [0.717, 1.165) is 9.13 Å². The average molecular weight is 402 g/mol. The normalized spacial score (nSPS) is 15.8. The molecule has 2 nitrogen and oxygen atoms in total. The number of benzene rings is 2. The predicted molar refractivity (Wildman–Crippen MR) is 98.3 cm³/mol. The zero-order chi connectivity index (χ0) is 15.2. The van der Waals surface area contributed by atoms with E-state index in [1.165, 1.54) is 5.56 Å². The molecule has 0 fully saturated rings. The van der Waals surface area contributed by atoms with E-state index in [0.29, 0.717) is 0 Å². The zero-order valence-corrected chi connectivity index (χ0v) is 14.0. The molecule has 0 atom stereocenters. The Morgan fingerprint density at radius 2 is 1.55 bits per heavy atom. The summed E-state index contributed by atoms with van der Waals surface area (Å²) in [5.41, 5.74) is 1.90. The molecule has 0 unspecified atom stereocenters. The van der Waals surface area contributed by atoms with Crippen LogP contribution in [0.1, 0.15) is 15.9 Å². The van der Waals surface area contributed by atoms with Gasteiger partial charge in [0.2, 0.25) is 0 Å². The van der Waals surface area contributed by atoms with Crippen molar-refractivity contribution in [2.75, 3.05) is 0 Å². The van der Waals surface area contributed by atoms with Gasteiger partial charge in [-0.05, 0) is 0 Å². The van der Waals surface area contributed by atoms with E-state index in [4.69, 9.17) is 3.07 Å². The van der Waals surface area contributed by atoms with Gasteiger partial charge >= 0.3 is 138 Å². The Kier molecular flexibility index (Phi) is 4.85. The van der Waals surface area contributed by atoms with Gasteiger partial charge in [0, 0.05) is 0 Å². The van der Waals surface area contributed by atoms with Crippen molar-refractivity contribution >= 4 is 32.3 Å². The molecule has 2 aromatic carbocycles. The third-order valence-corrected chi connectivity index (χ3v) is 7.09. The van der Waals surface area contributed by atoms with Crippen molar-refractivity contribution in [3.63, 3.8) is 0 Å². The van der Waals surface area contributed by atoms with Gasteiger partial charge in [-0.1, -0.05) is 0 Å². The molecule has 0 saturated heterocycles. The molecule has 22 heavy (non-hydrogen) atoms. The molecular formula is C19H15IO2. The predicted octanol–water partition coefficient (Wildman–Crippen LogP) is 5.23. The fraction of sp³-hybridized carbons (Fsp3) is 0. The minimum absolute atomic E-state index is 0.182. The van der Waals surface area contributed by atoms with Gasteiger partial charge in [-0.15, -0.1) is 0 Å². The molecule has 0 saturated carbocycles. The zero-order valence-electron chi connectivity index (χ0n) is 11.9. The molecule has 0 amide bonds. The van der Waals surface area contributed by atoms with E-state index in [2.05, 4.69) is 12.1 Å². The van der Waals surface area contributed by atoms with Crippen LogP contribution in [0.4, 0.5) is 0 Å². The quantitative estimate of drug-likeness (QED) is 0.517. The van der Waals surface area contributed by atoms with Crippen molar-refractivity contribution < 1.29 is 7.86 Å². The summed E-state index contributed by atoms with van der Waals surface area (Å²) in [5, 5.41) is 0. The van der Waals surface area contributed by atoms with Crippen LogP contribution in [0.3, 0.4) is 0 Å². The topological polar surface area (TPSA) is 26.3 Å². The second-order valence-electron chi connectivity index (χ2n) is 4.59. The number of rotatable bonds is 4. The molecule has 0 radical (unpaired) electrons. The van der Waals surface area contributed by atoms with Gasteiger partial charge in [-0.25, -0.2) is 0 Å². The van der Waals surface area contributed by atoms with Crippen LogP contribution < -0.4 is 0 Å². The van der Waals surface area contributed by atoms with E-state index < -0.39 is 20.2 Å². The maximum absolute atomic E-state index is 11.7. The van der Waals surface area contributed by atoms with Crippen molar-refractivity contribution in [3.8, 4) is 0 Å². The Balaban J connectivity index is 1.60. The number of carbonyl (C=O) groups excluding carboxylic acids is 1. The molecule has 2 aromatic rings. The Morgan fingerprint density at radius 1 is 0.818 bits per heavy atom. The molecule has 0 aliphatic carbocycles. The van der Waals surface area contributed by atoms with E-state index >= 15 is 0 Å². The average Bonchev–Trinajstić information content (AvgIpc) is 2.88. The summed E-state index contributed by atoms with van der Waals surface area (Å²) in [6.07, 6.45) is 9.96. The Labute approximate surface area is 137 Å². The number of allylic oxidation sites excluding steroid dienone is 4. The molecule has 1 heterocycles. The van der Waals surface area contributed by atoms with E-state index in [1.54, 1.807) is 0 Å². The summed E-state index contributed by atoms with van der Waals surface area (Å²) < 4.78 is 8.61. The van der Waals surface area contributed by atoms with Crippen LogP contribution in [0.15, 0.2) is 83.0 Å². The molecule has 0 bridgehead atoms. The number of halogens is 1. The first-order valence-corrected chi connectivity index (χ1v) is 10.1. The fourth-order valence-corrected chi connectivity index (χ4v) is 5.60. The van der Waals surface area contributed by atoms with Gasteiger partial charge in [0.1, 0.15) is 0 Å². The monoisotopic (exact) mass is 402 g/mol. The maximum atomic E-state index is 11.7. The first-order chi connectivity index (χ1) is 10.8. The minimum atomic E-state index is -1.94. The summed E-state index contributed by atoms with van der Waals surface area (Å²) >= 11 is -1.94. The summed E-state index contributed by atoms with van der Waals surface area (Å²) in [4.78, 5) is 11.7. The summed E-state index contributed by atoms with van der Waals surface area (Å²) in [6, 6.07) is 17.8. The molecule has 110 valence electrons. The molecule has 3 heteroatoms. The van der Waals surface area contributed by atoms with Crippen molar-refractivity contribution in [2.45, 2.75) is 0 Å². The van der Waals surface area contributed by atoms with Gasteiger partial charge < -0.3 is 0 Å². The molecule has 3 rings (SSSR count). The summed E-state index contributed by atoms with van der Waals surface area (Å²) in [7, 11) is 0. The van der Waals surface area contributed by atoms with Crippen molar-refractivity contribution in [1.82, 2.24) is 0 Å². The second-order valence-corrected chi connectivity index (χ2v) is 8.49. The fourth-order valence-electron chi connectivity index (χ4n) is 2.01. The van der Waals surface area contributed by atoms with Gasteiger partial charge in [-0.3, -0.25) is 0 Å². The van der Waals surface area contributed by atoms with Crippen molar-refractivity contribution in [2.24, 2.45) is 0 Å². The van der Waals surface area contributed by atoms with Crippen LogP contribution in [0.5, 0.6) is 0 Å². The van der Waals surface area contributed by atoms with Crippen LogP contribution in [0, 0.1) is 3.57 Å². The van der Waals surface area contributed by atoms with E-state index in [-0.39, 0.29) is 5.97 Å². The Hall–Kier alpha value is -2.14. The second kappa shape index (κ2) is 7.22. The molecule has 0 aromatic heterocycles. The van der Waals surface area contributed by atoms with Gasteiger partial charge in [0.05, 0.1) is 0 Å². The van der Waals surface area contributed by atoms with Gasteiger partial charge in [-0.2, -0.15) is 0 Å². The van der Waals surface area contributed by atoms with Crippen molar-refractivity contribution in [1.29, 1.82) is 0 Å². The molecule has 0 N–H and O–H groups in total. The number of hydrogen-bond acceptors (Lipinski definition) is 2. The first kappa shape index (κ1) is 14.8. The SMILES string of the molecule is O=C1OI(/C=C/C=C/C=C/c2ccccc2)c2ccccc21. The van der Waals surface area contributed by atoms with Crippen LogP contribution in [-0.4, -0.2) is 5.97 Å². The van der Waals surface area contributed by atoms with Crippen molar-refractivity contribution in [3.05, 3.63) is 97.7 Å². The standard InChI is InChI=1S/C19H15IO2/c21-19-17-13-7-8-14-18(17)20(22-19)15-9-2-1-4-10-16-11-5-3-6-12-16/h1-15H/b2-1+,10-4+,15-9+. The van der Waals surface area contributed by atoms with Crippen LogP contribution in [0.25, 0.3) is 6.08 Å². The number of carbonyl (C=O) groups is 1.